The Hall–Kier alpha value is -0.863. The third-order valence-electron chi connectivity index (χ3n) is 3.49. The van der Waals surface area contributed by atoms with E-state index in [9.17, 15) is 5.11 Å². The summed E-state index contributed by atoms with van der Waals surface area (Å²) in [5, 5.41) is 11.4. The summed E-state index contributed by atoms with van der Waals surface area (Å²) in [7, 11) is -1.55. The van der Waals surface area contributed by atoms with Gasteiger partial charge in [-0.2, -0.15) is 0 Å². The zero-order chi connectivity index (χ0) is 10.9. The lowest BCUT2D eigenvalue weighted by Gasteiger charge is -2.31. The van der Waals surface area contributed by atoms with Crippen LogP contribution in [0.5, 0.6) is 0 Å². The second-order valence-corrected chi connectivity index (χ2v) is 9.53. The number of hydrogen-bond donors (Lipinski definition) is 1. The Morgan fingerprint density at radius 3 is 2.40 bits per heavy atom. The molecule has 1 aliphatic rings. The van der Waals surface area contributed by atoms with Crippen molar-refractivity contribution in [1.82, 2.24) is 0 Å². The predicted octanol–water partition coefficient (Wildman–Crippen LogP) is 2.29. The molecule has 0 radical (unpaired) electrons. The highest BCUT2D eigenvalue weighted by atomic mass is 28.3. The molecule has 1 aliphatic carbocycles. The molecule has 0 spiro atoms. The quantitative estimate of drug-likeness (QED) is 0.596. The standard InChI is InChI=1S/C13H18OSi/c1-15(2,11-7-4-3-5-8-11)13-10-6-9-12(13)14/h3-8,10,12-14H,9H2,1-2H3/t12-,13+/m1/s1. The maximum atomic E-state index is 9.96. The van der Waals surface area contributed by atoms with E-state index < -0.39 is 8.07 Å². The topological polar surface area (TPSA) is 20.2 Å². The molecule has 0 saturated heterocycles. The number of rotatable bonds is 2. The average molecular weight is 218 g/mol. The van der Waals surface area contributed by atoms with Crippen LogP contribution in [0.15, 0.2) is 42.5 Å². The van der Waals surface area contributed by atoms with Crippen LogP contribution in [0.1, 0.15) is 6.42 Å². The maximum absolute atomic E-state index is 9.96. The largest absolute Gasteiger partial charge is 0.392 e. The van der Waals surface area contributed by atoms with E-state index in [-0.39, 0.29) is 6.10 Å². The minimum absolute atomic E-state index is 0.160. The van der Waals surface area contributed by atoms with Gasteiger partial charge in [0.25, 0.3) is 0 Å². The van der Waals surface area contributed by atoms with Crippen LogP contribution in [-0.2, 0) is 0 Å². The zero-order valence-corrected chi connectivity index (χ0v) is 10.4. The van der Waals surface area contributed by atoms with E-state index in [1.807, 2.05) is 0 Å². The molecule has 0 aromatic heterocycles. The number of hydrogen-bond acceptors (Lipinski definition) is 1. The molecular weight excluding hydrogens is 200 g/mol. The molecule has 2 heteroatoms. The summed E-state index contributed by atoms with van der Waals surface area (Å²) in [4.78, 5) is 0. The summed E-state index contributed by atoms with van der Waals surface area (Å²) in [6.07, 6.45) is 5.00. The van der Waals surface area contributed by atoms with Crippen LogP contribution in [0.25, 0.3) is 0 Å². The van der Waals surface area contributed by atoms with Crippen LogP contribution >= 0.6 is 0 Å². The lowest BCUT2D eigenvalue weighted by atomic mass is 10.3. The van der Waals surface area contributed by atoms with Gasteiger partial charge in [-0.05, 0) is 6.42 Å². The van der Waals surface area contributed by atoms with Crippen molar-refractivity contribution in [2.45, 2.75) is 31.2 Å². The molecule has 0 saturated carbocycles. The SMILES string of the molecule is C[Si](C)(c1ccccc1)[C@H]1C=CC[C@H]1O. The Morgan fingerprint density at radius 1 is 1.20 bits per heavy atom. The van der Waals surface area contributed by atoms with Crippen molar-refractivity contribution >= 4 is 13.3 Å². The first-order chi connectivity index (χ1) is 7.12. The highest BCUT2D eigenvalue weighted by Gasteiger charge is 2.38. The van der Waals surface area contributed by atoms with Crippen molar-refractivity contribution in [2.24, 2.45) is 0 Å². The molecule has 0 fully saturated rings. The van der Waals surface area contributed by atoms with Crippen molar-refractivity contribution < 1.29 is 5.11 Å². The third-order valence-corrected chi connectivity index (χ3v) is 7.55. The molecule has 1 N–H and O–H groups in total. The van der Waals surface area contributed by atoms with E-state index in [1.165, 1.54) is 5.19 Å². The third kappa shape index (κ3) is 1.92. The highest BCUT2D eigenvalue weighted by Crippen LogP contribution is 2.33. The molecule has 1 aromatic rings. The monoisotopic (exact) mass is 218 g/mol. The summed E-state index contributed by atoms with van der Waals surface area (Å²) >= 11 is 0. The van der Waals surface area contributed by atoms with Gasteiger partial charge in [0.15, 0.2) is 0 Å². The first kappa shape index (κ1) is 10.6. The predicted molar refractivity (Wildman–Crippen MR) is 67.1 cm³/mol. The zero-order valence-electron chi connectivity index (χ0n) is 9.35. The highest BCUT2D eigenvalue weighted by molar-refractivity contribution is 6.91. The van der Waals surface area contributed by atoms with Crippen LogP contribution in [0.4, 0.5) is 0 Å². The van der Waals surface area contributed by atoms with Crippen molar-refractivity contribution in [3.8, 4) is 0 Å². The summed E-state index contributed by atoms with van der Waals surface area (Å²) < 4.78 is 0. The summed E-state index contributed by atoms with van der Waals surface area (Å²) in [5.74, 6) is 0. The molecule has 1 nitrogen and oxygen atoms in total. The fourth-order valence-electron chi connectivity index (χ4n) is 2.42. The molecular formula is C13H18OSi. The molecule has 15 heavy (non-hydrogen) atoms. The average Bonchev–Trinajstić information content (AvgIpc) is 2.66. The number of benzene rings is 1. The van der Waals surface area contributed by atoms with Crippen molar-refractivity contribution in [2.75, 3.05) is 0 Å². The second kappa shape index (κ2) is 3.95. The second-order valence-electron chi connectivity index (χ2n) is 4.84. The van der Waals surface area contributed by atoms with E-state index in [0.717, 1.165) is 6.42 Å². The van der Waals surface area contributed by atoms with Crippen LogP contribution < -0.4 is 5.19 Å². The Balaban J connectivity index is 2.30. The van der Waals surface area contributed by atoms with Gasteiger partial charge in [-0.1, -0.05) is 60.8 Å². The van der Waals surface area contributed by atoms with E-state index in [1.54, 1.807) is 0 Å². The minimum Gasteiger partial charge on any atom is -0.392 e. The van der Waals surface area contributed by atoms with E-state index in [4.69, 9.17) is 0 Å². The molecule has 2 rings (SSSR count). The maximum Gasteiger partial charge on any atom is 0.0902 e. The van der Waals surface area contributed by atoms with Gasteiger partial charge < -0.3 is 5.11 Å². The molecule has 0 heterocycles. The number of aliphatic hydroxyl groups is 1. The summed E-state index contributed by atoms with van der Waals surface area (Å²) in [6, 6.07) is 10.6. The lowest BCUT2D eigenvalue weighted by molar-refractivity contribution is 0.187. The fourth-order valence-corrected chi connectivity index (χ4v) is 5.57. The van der Waals surface area contributed by atoms with Gasteiger partial charge in [0.2, 0.25) is 0 Å². The van der Waals surface area contributed by atoms with Gasteiger partial charge in [0, 0.05) is 5.54 Å². The van der Waals surface area contributed by atoms with Crippen molar-refractivity contribution in [3.63, 3.8) is 0 Å². The van der Waals surface area contributed by atoms with Crippen LogP contribution in [0, 0.1) is 0 Å². The fraction of sp³-hybridized carbons (Fsp3) is 0.385. The smallest absolute Gasteiger partial charge is 0.0902 e. The first-order valence-corrected chi connectivity index (χ1v) is 8.60. The van der Waals surface area contributed by atoms with Crippen molar-refractivity contribution in [1.29, 1.82) is 0 Å². The number of aliphatic hydroxyl groups excluding tert-OH is 1. The van der Waals surface area contributed by atoms with Gasteiger partial charge in [-0.15, -0.1) is 0 Å². The van der Waals surface area contributed by atoms with Crippen LogP contribution in [-0.4, -0.2) is 19.3 Å². The minimum atomic E-state index is -1.55. The molecule has 0 bridgehead atoms. The summed E-state index contributed by atoms with van der Waals surface area (Å²) in [6.45, 7) is 4.68. The normalized spacial score (nSPS) is 25.8. The lowest BCUT2D eigenvalue weighted by Crippen LogP contribution is -2.48. The Labute approximate surface area is 92.5 Å². The van der Waals surface area contributed by atoms with E-state index in [0.29, 0.717) is 5.54 Å². The van der Waals surface area contributed by atoms with Gasteiger partial charge in [0.05, 0.1) is 14.2 Å². The van der Waals surface area contributed by atoms with E-state index in [2.05, 4.69) is 55.6 Å². The molecule has 0 aliphatic heterocycles. The van der Waals surface area contributed by atoms with Gasteiger partial charge in [-0.3, -0.25) is 0 Å². The molecule has 1 aromatic carbocycles. The van der Waals surface area contributed by atoms with Crippen LogP contribution in [0.2, 0.25) is 18.6 Å². The Morgan fingerprint density at radius 2 is 1.87 bits per heavy atom. The van der Waals surface area contributed by atoms with E-state index >= 15 is 0 Å². The molecule has 80 valence electrons. The van der Waals surface area contributed by atoms with Gasteiger partial charge in [0.1, 0.15) is 0 Å². The Bertz CT molecular complexity index is 356. The summed E-state index contributed by atoms with van der Waals surface area (Å²) in [5.41, 5.74) is 0.375. The molecule has 0 amide bonds. The van der Waals surface area contributed by atoms with Gasteiger partial charge in [-0.25, -0.2) is 0 Å². The Kier molecular flexibility index (Phi) is 2.80. The first-order valence-electron chi connectivity index (χ1n) is 5.52. The molecule has 2 atom stereocenters. The van der Waals surface area contributed by atoms with Crippen molar-refractivity contribution in [3.05, 3.63) is 42.5 Å². The van der Waals surface area contributed by atoms with Gasteiger partial charge >= 0.3 is 0 Å². The molecule has 0 unspecified atom stereocenters. The van der Waals surface area contributed by atoms with Crippen LogP contribution in [0.3, 0.4) is 0 Å².